The molecule has 0 aromatic heterocycles. The predicted octanol–water partition coefficient (Wildman–Crippen LogP) is -2.22. The van der Waals surface area contributed by atoms with Gasteiger partial charge < -0.3 is 27.3 Å². The number of nitrogens with zero attached hydrogens (tertiary/aromatic N) is 2. The summed E-state index contributed by atoms with van der Waals surface area (Å²) in [6.07, 6.45) is 0. The molecule has 24 nitrogen and oxygen atoms in total. The first kappa shape index (κ1) is 52.4. The molecular formula is C20H8Ca3N2O22S6. The van der Waals surface area contributed by atoms with Crippen LogP contribution < -0.4 is 0 Å². The Morgan fingerprint density at radius 2 is 0.566 bits per heavy atom. The first-order chi connectivity index (χ1) is 22.2. The quantitative estimate of drug-likeness (QED) is 0.0781. The Labute approximate surface area is 386 Å². The third-order valence-electron chi connectivity index (χ3n) is 5.96. The molecule has 53 heavy (non-hydrogen) atoms. The fourth-order valence-electron chi connectivity index (χ4n) is 4.06. The van der Waals surface area contributed by atoms with Gasteiger partial charge in [0, 0.05) is 12.1 Å². The standard InChI is InChI=1S/2C10H7NO11S3.3Ca/c2*12-11(13)8-3-6(23(14,15)16)1-5-2-7(24(17,18)19)4-9(10(5)8)25(20,21)22;;;/h2*1-4H,(H,14,15,16)(H,17,18,19)(H,20,21,22);;;/q;;3*+2/p-6. The molecule has 0 fully saturated rings. The summed E-state index contributed by atoms with van der Waals surface area (Å²) in [6.45, 7) is 0. The largest absolute Gasteiger partial charge is 2.00 e. The maximum atomic E-state index is 11.3. The van der Waals surface area contributed by atoms with Crippen molar-refractivity contribution in [1.82, 2.24) is 0 Å². The zero-order valence-electron chi connectivity index (χ0n) is 25.1. The van der Waals surface area contributed by atoms with E-state index in [1.165, 1.54) is 0 Å². The van der Waals surface area contributed by atoms with Gasteiger partial charge in [0.15, 0.2) is 0 Å². The number of nitro groups is 2. The van der Waals surface area contributed by atoms with Gasteiger partial charge in [0.1, 0.15) is 60.7 Å². The van der Waals surface area contributed by atoms with E-state index in [-0.39, 0.29) is 137 Å². The van der Waals surface area contributed by atoms with Gasteiger partial charge in [-0.05, 0) is 47.2 Å². The minimum absolute atomic E-state index is 0. The van der Waals surface area contributed by atoms with E-state index >= 15 is 0 Å². The van der Waals surface area contributed by atoms with Crippen LogP contribution in [0.1, 0.15) is 0 Å². The van der Waals surface area contributed by atoms with Gasteiger partial charge in [-0.3, -0.25) is 20.2 Å². The molecule has 0 unspecified atom stereocenters. The number of nitro benzene ring substituents is 2. The molecule has 0 aliphatic heterocycles. The Hall–Kier alpha value is -0.561. The SMILES string of the molecule is O=[N+]([O-])c1cc(S(=O)(=O)[O-])cc2cc(S(=O)(=O)[O-])cc(S(=O)(=O)[O-])c12.O=[N+]([O-])c1cc(S(=O)(=O)[O-])cc2cc(S(=O)(=O)[O-])cc(S(=O)(=O)[O-])c12.[Ca+2].[Ca+2].[Ca+2]. The Morgan fingerprint density at radius 1 is 0.358 bits per heavy atom. The molecule has 0 saturated carbocycles. The third kappa shape index (κ3) is 12.7. The summed E-state index contributed by atoms with van der Waals surface area (Å²) in [6, 6.07) is 2.41. The van der Waals surface area contributed by atoms with Crippen molar-refractivity contribution in [2.75, 3.05) is 0 Å². The first-order valence-electron chi connectivity index (χ1n) is 11.5. The smallest absolute Gasteiger partial charge is 0.744 e. The topological polar surface area (TPSA) is 429 Å². The van der Waals surface area contributed by atoms with E-state index in [1.807, 2.05) is 0 Å². The summed E-state index contributed by atoms with van der Waals surface area (Å²) >= 11 is 0. The molecule has 0 radical (unpaired) electrons. The summed E-state index contributed by atoms with van der Waals surface area (Å²) in [7, 11) is -32.1. The number of hydrogen-bond donors (Lipinski definition) is 0. The number of non-ortho nitro benzene ring substituents is 2. The van der Waals surface area contributed by atoms with E-state index in [0.717, 1.165) is 0 Å². The van der Waals surface area contributed by atoms with Gasteiger partial charge in [0.2, 0.25) is 0 Å². The predicted molar refractivity (Wildman–Crippen MR) is 166 cm³/mol. The van der Waals surface area contributed by atoms with Crippen molar-refractivity contribution in [3.8, 4) is 0 Å². The van der Waals surface area contributed by atoms with Crippen molar-refractivity contribution in [1.29, 1.82) is 0 Å². The van der Waals surface area contributed by atoms with Crippen LogP contribution in [0, 0.1) is 20.2 Å². The van der Waals surface area contributed by atoms with E-state index in [0.29, 0.717) is 24.3 Å². The molecule has 0 heterocycles. The van der Waals surface area contributed by atoms with Crippen LogP contribution in [0.2, 0.25) is 0 Å². The summed E-state index contributed by atoms with van der Waals surface area (Å²) in [5, 5.41) is 18.8. The van der Waals surface area contributed by atoms with E-state index in [4.69, 9.17) is 0 Å². The molecule has 4 rings (SSSR count). The summed E-state index contributed by atoms with van der Waals surface area (Å²) in [4.78, 5) is 12.0. The number of benzene rings is 4. The summed E-state index contributed by atoms with van der Waals surface area (Å²) < 4.78 is 201. The van der Waals surface area contributed by atoms with Crippen molar-refractivity contribution < 1.29 is 87.7 Å². The van der Waals surface area contributed by atoms with Crippen molar-refractivity contribution in [3.63, 3.8) is 0 Å². The number of hydrogen-bond acceptors (Lipinski definition) is 22. The molecule has 0 aliphatic carbocycles. The number of rotatable bonds is 8. The van der Waals surface area contributed by atoms with E-state index < -0.39 is 133 Å². The maximum absolute atomic E-state index is 11.3. The minimum Gasteiger partial charge on any atom is -0.744 e. The van der Waals surface area contributed by atoms with Gasteiger partial charge >= 0.3 is 113 Å². The van der Waals surface area contributed by atoms with Crippen molar-refractivity contribution in [2.24, 2.45) is 0 Å². The zero-order chi connectivity index (χ0) is 38.7. The zero-order valence-corrected chi connectivity index (χ0v) is 36.6. The molecule has 0 saturated heterocycles. The second-order valence-corrected chi connectivity index (χ2v) is 17.4. The van der Waals surface area contributed by atoms with Crippen molar-refractivity contribution in [2.45, 2.75) is 29.4 Å². The average Bonchev–Trinajstić information content (AvgIpc) is 2.91. The van der Waals surface area contributed by atoms with Crippen LogP contribution in [0.4, 0.5) is 11.4 Å². The van der Waals surface area contributed by atoms with Crippen LogP contribution in [0.3, 0.4) is 0 Å². The Bertz CT molecular complexity index is 2660. The molecule has 0 spiro atoms. The molecule has 0 atom stereocenters. The molecule has 0 bridgehead atoms. The Balaban J connectivity index is 0.000000966. The fourth-order valence-corrected chi connectivity index (χ4v) is 7.82. The third-order valence-corrected chi connectivity index (χ3v) is 10.9. The van der Waals surface area contributed by atoms with Gasteiger partial charge in [-0.25, -0.2) is 50.5 Å². The average molecular weight is 941 g/mol. The van der Waals surface area contributed by atoms with Crippen LogP contribution >= 0.6 is 0 Å². The Kier molecular flexibility index (Phi) is 17.7. The summed E-state index contributed by atoms with van der Waals surface area (Å²) in [5.41, 5.74) is -2.48. The fraction of sp³-hybridized carbons (Fsp3) is 0. The van der Waals surface area contributed by atoms with Crippen molar-refractivity contribution >= 4 is 207 Å². The van der Waals surface area contributed by atoms with Crippen LogP contribution in [0.5, 0.6) is 0 Å². The molecule has 0 N–H and O–H groups in total. The molecule has 0 amide bonds. The summed E-state index contributed by atoms with van der Waals surface area (Å²) in [5.74, 6) is 0. The van der Waals surface area contributed by atoms with Crippen LogP contribution in [0.25, 0.3) is 21.5 Å². The van der Waals surface area contributed by atoms with Crippen LogP contribution in [-0.2, 0) is 60.7 Å². The second kappa shape index (κ2) is 17.9. The molecule has 4 aromatic rings. The van der Waals surface area contributed by atoms with E-state index in [2.05, 4.69) is 0 Å². The molecule has 33 heteroatoms. The monoisotopic (exact) mass is 940 g/mol. The normalized spacial score (nSPS) is 12.3. The van der Waals surface area contributed by atoms with E-state index in [9.17, 15) is 98.1 Å². The van der Waals surface area contributed by atoms with Gasteiger partial charge in [0.05, 0.1) is 50.0 Å². The Morgan fingerprint density at radius 3 is 0.736 bits per heavy atom. The second-order valence-electron chi connectivity index (χ2n) is 9.16. The van der Waals surface area contributed by atoms with Gasteiger partial charge in [-0.1, -0.05) is 0 Å². The van der Waals surface area contributed by atoms with E-state index in [1.54, 1.807) is 0 Å². The van der Waals surface area contributed by atoms with Gasteiger partial charge in [0.25, 0.3) is 11.4 Å². The minimum atomic E-state index is -5.50. The number of fused-ring (bicyclic) bond motifs is 2. The first-order valence-corrected chi connectivity index (χ1v) is 20.0. The van der Waals surface area contributed by atoms with Crippen LogP contribution in [-0.4, -0.2) is 201 Å². The molecular weight excluding hydrogens is 933 g/mol. The van der Waals surface area contributed by atoms with Crippen LogP contribution in [0.15, 0.2) is 77.9 Å². The van der Waals surface area contributed by atoms with Gasteiger partial charge in [-0.2, -0.15) is 0 Å². The van der Waals surface area contributed by atoms with Crippen molar-refractivity contribution in [3.05, 3.63) is 68.8 Å². The maximum Gasteiger partial charge on any atom is 2.00 e. The van der Waals surface area contributed by atoms with Gasteiger partial charge in [-0.15, -0.1) is 0 Å². The molecule has 272 valence electrons. The molecule has 0 aliphatic rings. The molecule has 4 aromatic carbocycles.